The van der Waals surface area contributed by atoms with Crippen molar-refractivity contribution in [3.8, 4) is 0 Å². The number of ether oxygens (including phenoxy) is 1. The molecule has 1 aromatic carbocycles. The Morgan fingerprint density at radius 2 is 1.97 bits per heavy atom. The van der Waals surface area contributed by atoms with Crippen molar-refractivity contribution in [2.45, 2.75) is 51.8 Å². The predicted octanol–water partition coefficient (Wildman–Crippen LogP) is 4.30. The Balaban J connectivity index is 1.62. The molecule has 164 valence electrons. The number of thiophene rings is 1. The molecule has 1 atom stereocenters. The second-order valence-corrected chi connectivity index (χ2v) is 10.3. The highest BCUT2D eigenvalue weighted by molar-refractivity contribution is 7.84. The molecule has 0 spiro atoms. The smallest absolute Gasteiger partial charge is 0.318 e. The zero-order valence-electron chi connectivity index (χ0n) is 17.9. The third-order valence-electron chi connectivity index (χ3n) is 5.32. The summed E-state index contributed by atoms with van der Waals surface area (Å²) < 4.78 is 17.4. The van der Waals surface area contributed by atoms with E-state index in [1.807, 2.05) is 0 Å². The Morgan fingerprint density at radius 1 is 1.19 bits per heavy atom. The minimum atomic E-state index is -1.41. The normalized spacial score (nSPS) is 14.3. The van der Waals surface area contributed by atoms with E-state index in [9.17, 15) is 9.00 Å². The van der Waals surface area contributed by atoms with Crippen LogP contribution in [-0.4, -0.2) is 32.5 Å². The average Bonchev–Trinajstić information content (AvgIpc) is 3.11. The molecule has 6 nitrogen and oxygen atoms in total. The van der Waals surface area contributed by atoms with Crippen LogP contribution in [0, 0.1) is 6.92 Å². The summed E-state index contributed by atoms with van der Waals surface area (Å²) >= 11 is 1.72. The summed E-state index contributed by atoms with van der Waals surface area (Å²) in [4.78, 5) is 23.5. The lowest BCUT2D eigenvalue weighted by atomic mass is 9.97. The number of carbonyl (C=O) groups is 1. The molecule has 0 amide bonds. The van der Waals surface area contributed by atoms with E-state index in [-0.39, 0.29) is 18.1 Å². The van der Waals surface area contributed by atoms with Gasteiger partial charge in [-0.25, -0.2) is 9.97 Å². The predicted molar refractivity (Wildman–Crippen MR) is 126 cm³/mol. The van der Waals surface area contributed by atoms with Gasteiger partial charge in [0.2, 0.25) is 0 Å². The van der Waals surface area contributed by atoms with E-state index in [0.717, 1.165) is 28.9 Å². The third-order valence-corrected chi connectivity index (χ3v) is 7.64. The molecule has 0 saturated heterocycles. The Morgan fingerprint density at radius 3 is 2.74 bits per heavy atom. The summed E-state index contributed by atoms with van der Waals surface area (Å²) in [6.07, 6.45) is 4.52. The van der Waals surface area contributed by atoms with Crippen molar-refractivity contribution in [1.29, 1.82) is 0 Å². The second kappa shape index (κ2) is 9.87. The highest BCUT2D eigenvalue weighted by Gasteiger charge is 2.22. The number of hydrogen-bond donors (Lipinski definition) is 1. The number of nitrogens with one attached hydrogen (secondary N) is 1. The molecule has 0 radical (unpaired) electrons. The number of esters is 1. The maximum absolute atomic E-state index is 12.5. The van der Waals surface area contributed by atoms with E-state index in [4.69, 9.17) is 14.7 Å². The molecule has 4 rings (SSSR count). The second-order valence-electron chi connectivity index (χ2n) is 7.75. The van der Waals surface area contributed by atoms with Crippen molar-refractivity contribution >= 4 is 44.1 Å². The van der Waals surface area contributed by atoms with Crippen LogP contribution in [0.2, 0.25) is 0 Å². The number of fused-ring (bicyclic) bond motifs is 3. The molecule has 1 N–H and O–H groups in total. The van der Waals surface area contributed by atoms with Crippen LogP contribution in [0.4, 0.5) is 5.82 Å². The van der Waals surface area contributed by atoms with Crippen LogP contribution in [-0.2, 0) is 45.5 Å². The van der Waals surface area contributed by atoms with Crippen LogP contribution in [0.15, 0.2) is 24.3 Å². The fourth-order valence-electron chi connectivity index (χ4n) is 3.81. The zero-order valence-corrected chi connectivity index (χ0v) is 19.5. The molecule has 3 aromatic rings. The van der Waals surface area contributed by atoms with Gasteiger partial charge >= 0.3 is 5.97 Å². The summed E-state index contributed by atoms with van der Waals surface area (Å²) in [6, 6.07) is 8.42. The van der Waals surface area contributed by atoms with Gasteiger partial charge in [0.25, 0.3) is 0 Å². The topological polar surface area (TPSA) is 81.2 Å². The summed E-state index contributed by atoms with van der Waals surface area (Å²) in [5.74, 6) is 0.846. The van der Waals surface area contributed by atoms with E-state index in [1.165, 1.54) is 34.4 Å². The highest BCUT2D eigenvalue weighted by Crippen LogP contribution is 2.38. The van der Waals surface area contributed by atoms with Crippen LogP contribution < -0.4 is 5.32 Å². The standard InChI is InChI=1S/C23H27N3O3S2/c1-3-29-20(27)14-31(28)13-19-25-22(24-12-16-10-8-15(2)9-11-16)21-17-6-4-5-7-18(17)30-23(21)26-19/h8-11H,3-7,12-14H2,1-2H3,(H,24,25,26). The summed E-state index contributed by atoms with van der Waals surface area (Å²) in [6.45, 7) is 4.75. The van der Waals surface area contributed by atoms with E-state index in [2.05, 4.69) is 36.5 Å². The van der Waals surface area contributed by atoms with E-state index in [1.54, 1.807) is 18.3 Å². The van der Waals surface area contributed by atoms with Crippen LogP contribution >= 0.6 is 11.3 Å². The third kappa shape index (κ3) is 5.30. The SMILES string of the molecule is CCOC(=O)CS(=O)Cc1nc(NCc2ccc(C)cc2)c2c3c(sc2n1)CCCC3. The minimum Gasteiger partial charge on any atom is -0.465 e. The molecule has 2 heterocycles. The summed E-state index contributed by atoms with van der Waals surface area (Å²) in [7, 11) is -1.41. The summed E-state index contributed by atoms with van der Waals surface area (Å²) in [5, 5.41) is 4.60. The number of aryl methyl sites for hydroxylation is 3. The molecule has 1 aliphatic rings. The lowest BCUT2D eigenvalue weighted by Crippen LogP contribution is -2.16. The largest absolute Gasteiger partial charge is 0.465 e. The molecule has 0 bridgehead atoms. The Bertz CT molecular complexity index is 1110. The number of anilines is 1. The first-order valence-electron chi connectivity index (χ1n) is 10.6. The van der Waals surface area contributed by atoms with Crippen molar-refractivity contribution in [2.75, 3.05) is 17.7 Å². The molecule has 1 aliphatic carbocycles. The molecule has 0 fully saturated rings. The first-order valence-corrected chi connectivity index (χ1v) is 12.9. The fraction of sp³-hybridized carbons (Fsp3) is 0.435. The molecular weight excluding hydrogens is 430 g/mol. The van der Waals surface area contributed by atoms with Gasteiger partial charge in [0.15, 0.2) is 0 Å². The fourth-order valence-corrected chi connectivity index (χ4v) is 5.96. The lowest BCUT2D eigenvalue weighted by molar-refractivity contribution is -0.139. The van der Waals surface area contributed by atoms with Gasteiger partial charge in [-0.05, 0) is 50.7 Å². The van der Waals surface area contributed by atoms with Gasteiger partial charge in [-0.3, -0.25) is 9.00 Å². The van der Waals surface area contributed by atoms with Gasteiger partial charge in [-0.1, -0.05) is 29.8 Å². The number of rotatable bonds is 8. The molecule has 2 aromatic heterocycles. The van der Waals surface area contributed by atoms with Crippen molar-refractivity contribution in [1.82, 2.24) is 9.97 Å². The van der Waals surface area contributed by atoms with Crippen molar-refractivity contribution in [3.05, 3.63) is 51.7 Å². The number of nitrogens with zero attached hydrogens (tertiary/aromatic N) is 2. The zero-order chi connectivity index (χ0) is 21.8. The maximum Gasteiger partial charge on any atom is 0.318 e. The van der Waals surface area contributed by atoms with Crippen molar-refractivity contribution in [2.24, 2.45) is 0 Å². The van der Waals surface area contributed by atoms with Gasteiger partial charge in [0.05, 0.1) is 17.7 Å². The van der Waals surface area contributed by atoms with E-state index >= 15 is 0 Å². The molecule has 0 saturated carbocycles. The van der Waals surface area contributed by atoms with Crippen LogP contribution in [0.3, 0.4) is 0 Å². The first kappa shape index (κ1) is 21.9. The van der Waals surface area contributed by atoms with Crippen molar-refractivity contribution < 1.29 is 13.7 Å². The number of aromatic nitrogens is 2. The van der Waals surface area contributed by atoms with Gasteiger partial charge in [0, 0.05) is 22.2 Å². The first-order chi connectivity index (χ1) is 15.0. The Labute approximate surface area is 188 Å². The number of carbonyl (C=O) groups excluding carboxylic acids is 1. The maximum atomic E-state index is 12.5. The molecule has 0 aliphatic heterocycles. The minimum absolute atomic E-state index is 0.135. The van der Waals surface area contributed by atoms with Crippen LogP contribution in [0.1, 0.15) is 47.2 Å². The monoisotopic (exact) mass is 457 g/mol. The molecule has 1 unspecified atom stereocenters. The van der Waals surface area contributed by atoms with Gasteiger partial charge in [-0.15, -0.1) is 11.3 Å². The van der Waals surface area contributed by atoms with E-state index in [0.29, 0.717) is 12.4 Å². The summed E-state index contributed by atoms with van der Waals surface area (Å²) in [5.41, 5.74) is 3.76. The molecule has 8 heteroatoms. The lowest BCUT2D eigenvalue weighted by Gasteiger charge is -2.13. The van der Waals surface area contributed by atoms with E-state index < -0.39 is 16.8 Å². The molecule has 31 heavy (non-hydrogen) atoms. The number of hydrogen-bond acceptors (Lipinski definition) is 7. The van der Waals surface area contributed by atoms with Gasteiger partial charge < -0.3 is 10.1 Å². The Kier molecular flexibility index (Phi) is 6.97. The quantitative estimate of drug-likeness (QED) is 0.508. The van der Waals surface area contributed by atoms with Crippen molar-refractivity contribution in [3.63, 3.8) is 0 Å². The molecular formula is C23H27N3O3S2. The Hall–Kier alpha value is -2.32. The number of benzene rings is 1. The highest BCUT2D eigenvalue weighted by atomic mass is 32.2. The van der Waals surface area contributed by atoms with Crippen LogP contribution in [0.5, 0.6) is 0 Å². The van der Waals surface area contributed by atoms with Gasteiger partial charge in [0.1, 0.15) is 22.2 Å². The average molecular weight is 458 g/mol. The van der Waals surface area contributed by atoms with Gasteiger partial charge in [-0.2, -0.15) is 0 Å². The van der Waals surface area contributed by atoms with Crippen LogP contribution in [0.25, 0.3) is 10.2 Å².